The number of halogens is 3. The van der Waals surface area contributed by atoms with Gasteiger partial charge in [0.1, 0.15) is 16.2 Å². The summed E-state index contributed by atoms with van der Waals surface area (Å²) in [4.78, 5) is 14.5. The summed E-state index contributed by atoms with van der Waals surface area (Å²) in [5, 5.41) is 6.67. The third-order valence-electron chi connectivity index (χ3n) is 6.99. The summed E-state index contributed by atoms with van der Waals surface area (Å²) in [5.41, 5.74) is 0.132. The maximum Gasteiger partial charge on any atom is 0.417 e. The van der Waals surface area contributed by atoms with Crippen LogP contribution in [0, 0.1) is 0 Å². The standard InChI is InChI=1S/C32H28F3N5O2S2/c1-7-18-14-22-21(15-37-40(22)16-17-8-10-19(41-5)11-9-17)23(25(18)32(33,34)35)26-27-20(12-13-36-26)24-28(42-31(2,3)4)38-30(43-6)39-29(24)44-27/h7-15H,1,16H2,2-6H3. The number of methoxy groups -OCH3 is 1. The van der Waals surface area contributed by atoms with Crippen LogP contribution in [-0.4, -0.2) is 43.7 Å². The van der Waals surface area contributed by atoms with Gasteiger partial charge in [0.2, 0.25) is 5.88 Å². The van der Waals surface area contributed by atoms with Crippen molar-refractivity contribution in [2.75, 3.05) is 13.4 Å². The van der Waals surface area contributed by atoms with Crippen molar-refractivity contribution in [3.63, 3.8) is 0 Å². The molecule has 0 aliphatic heterocycles. The van der Waals surface area contributed by atoms with Crippen LogP contribution >= 0.6 is 23.1 Å². The third kappa shape index (κ3) is 5.36. The van der Waals surface area contributed by atoms with Crippen molar-refractivity contribution >= 4 is 60.4 Å². The van der Waals surface area contributed by atoms with Gasteiger partial charge in [0.15, 0.2) is 5.16 Å². The van der Waals surface area contributed by atoms with E-state index in [1.54, 1.807) is 17.9 Å². The van der Waals surface area contributed by atoms with Gasteiger partial charge in [-0.1, -0.05) is 36.5 Å². The second kappa shape index (κ2) is 11.1. The van der Waals surface area contributed by atoms with E-state index in [1.807, 2.05) is 51.3 Å². The summed E-state index contributed by atoms with van der Waals surface area (Å²) in [6.45, 7) is 9.81. The molecule has 44 heavy (non-hydrogen) atoms. The fourth-order valence-electron chi connectivity index (χ4n) is 5.16. The molecular weight excluding hydrogens is 608 g/mol. The van der Waals surface area contributed by atoms with Crippen LogP contribution in [0.5, 0.6) is 11.6 Å². The van der Waals surface area contributed by atoms with Crippen molar-refractivity contribution in [1.82, 2.24) is 24.7 Å². The van der Waals surface area contributed by atoms with Crippen LogP contribution in [-0.2, 0) is 12.7 Å². The Morgan fingerprint density at radius 1 is 1.07 bits per heavy atom. The van der Waals surface area contributed by atoms with Crippen LogP contribution in [0.15, 0.2) is 60.5 Å². The number of hydrogen-bond donors (Lipinski definition) is 0. The van der Waals surface area contributed by atoms with Crippen molar-refractivity contribution in [3.8, 4) is 22.9 Å². The predicted molar refractivity (Wildman–Crippen MR) is 171 cm³/mol. The summed E-state index contributed by atoms with van der Waals surface area (Å²) in [7, 11) is 1.59. The smallest absolute Gasteiger partial charge is 0.417 e. The van der Waals surface area contributed by atoms with E-state index in [9.17, 15) is 13.2 Å². The van der Waals surface area contributed by atoms with Gasteiger partial charge in [-0.05, 0) is 62.4 Å². The lowest BCUT2D eigenvalue weighted by atomic mass is 9.93. The average Bonchev–Trinajstić information content (AvgIpc) is 3.56. The second-order valence-electron chi connectivity index (χ2n) is 11.0. The zero-order valence-corrected chi connectivity index (χ0v) is 26.2. The number of ether oxygens (including phenoxy) is 2. The predicted octanol–water partition coefficient (Wildman–Crippen LogP) is 8.87. The third-order valence-corrected chi connectivity index (χ3v) is 8.65. The van der Waals surface area contributed by atoms with Gasteiger partial charge in [0.05, 0.1) is 46.7 Å². The van der Waals surface area contributed by atoms with Crippen LogP contribution in [0.2, 0.25) is 0 Å². The Bertz CT molecular complexity index is 2040. The number of aromatic nitrogens is 5. The zero-order valence-electron chi connectivity index (χ0n) is 24.6. The Kier molecular flexibility index (Phi) is 7.53. The molecule has 2 aromatic carbocycles. The molecule has 0 radical (unpaired) electrons. The van der Waals surface area contributed by atoms with Gasteiger partial charge in [0.25, 0.3) is 0 Å². The van der Waals surface area contributed by atoms with Gasteiger partial charge in [-0.15, -0.1) is 11.3 Å². The van der Waals surface area contributed by atoms with Crippen LogP contribution in [0.25, 0.3) is 48.5 Å². The quantitative estimate of drug-likeness (QED) is 0.128. The van der Waals surface area contributed by atoms with Gasteiger partial charge >= 0.3 is 6.18 Å². The Morgan fingerprint density at radius 2 is 1.82 bits per heavy atom. The first-order valence-electron chi connectivity index (χ1n) is 13.6. The maximum atomic E-state index is 14.9. The SMILES string of the molecule is C=Cc1cc2c(cnn2Cc2ccc(OC)cc2)c(-c2nccc3c2sc2nc(SC)nc(OC(C)(C)C)c23)c1C(F)(F)F. The summed E-state index contributed by atoms with van der Waals surface area (Å²) >= 11 is 2.63. The van der Waals surface area contributed by atoms with Gasteiger partial charge in [-0.2, -0.15) is 23.3 Å². The summed E-state index contributed by atoms with van der Waals surface area (Å²) in [6, 6.07) is 10.7. The molecule has 0 N–H and O–H groups in total. The van der Waals surface area contributed by atoms with Gasteiger partial charge in [0, 0.05) is 22.5 Å². The Morgan fingerprint density at radius 3 is 2.45 bits per heavy atom. The number of thioether (sulfide) groups is 1. The number of benzene rings is 2. The minimum atomic E-state index is -4.70. The first-order valence-corrected chi connectivity index (χ1v) is 15.6. The van der Waals surface area contributed by atoms with E-state index in [-0.39, 0.29) is 16.8 Å². The van der Waals surface area contributed by atoms with Crippen molar-refractivity contribution in [1.29, 1.82) is 0 Å². The maximum absolute atomic E-state index is 14.9. The molecule has 4 aromatic heterocycles. The molecule has 0 aliphatic rings. The molecule has 0 fully saturated rings. The lowest BCUT2D eigenvalue weighted by Gasteiger charge is -2.21. The summed E-state index contributed by atoms with van der Waals surface area (Å²) < 4.78 is 58.5. The fraction of sp³-hybridized carbons (Fsp3) is 0.250. The molecule has 0 aliphatic carbocycles. The lowest BCUT2D eigenvalue weighted by Crippen LogP contribution is -2.23. The molecule has 0 saturated carbocycles. The molecule has 7 nitrogen and oxygen atoms in total. The average molecular weight is 636 g/mol. The molecule has 12 heteroatoms. The molecule has 4 heterocycles. The van der Waals surface area contributed by atoms with Crippen molar-refractivity contribution in [3.05, 3.63) is 72.1 Å². The molecular formula is C32H28F3N5O2S2. The number of pyridine rings is 1. The molecule has 0 atom stereocenters. The molecule has 0 unspecified atom stereocenters. The minimum absolute atomic E-state index is 0.0561. The number of hydrogen-bond acceptors (Lipinski definition) is 8. The minimum Gasteiger partial charge on any atom is -0.497 e. The highest BCUT2D eigenvalue weighted by molar-refractivity contribution is 7.98. The molecule has 0 spiro atoms. The molecule has 6 rings (SSSR count). The van der Waals surface area contributed by atoms with Crippen LogP contribution in [0.1, 0.15) is 37.5 Å². The Labute approximate surface area is 259 Å². The number of rotatable bonds is 7. The van der Waals surface area contributed by atoms with E-state index in [0.29, 0.717) is 54.5 Å². The topological polar surface area (TPSA) is 75.0 Å². The molecule has 6 aromatic rings. The zero-order chi connectivity index (χ0) is 31.4. The number of thiophene rings is 1. The number of fused-ring (bicyclic) bond motifs is 4. The van der Waals surface area contributed by atoms with Gasteiger partial charge in [-0.3, -0.25) is 9.67 Å². The van der Waals surface area contributed by atoms with E-state index < -0.39 is 17.3 Å². The highest BCUT2D eigenvalue weighted by atomic mass is 32.2. The Hall–Kier alpha value is -4.16. The Balaban J connectivity index is 1.65. The molecule has 0 bridgehead atoms. The normalized spacial score (nSPS) is 12.4. The van der Waals surface area contributed by atoms with E-state index >= 15 is 0 Å². The van der Waals surface area contributed by atoms with Crippen LogP contribution < -0.4 is 9.47 Å². The first kappa shape index (κ1) is 29.9. The van der Waals surface area contributed by atoms with Crippen LogP contribution in [0.4, 0.5) is 13.2 Å². The van der Waals surface area contributed by atoms with Crippen LogP contribution in [0.3, 0.4) is 0 Å². The van der Waals surface area contributed by atoms with Crippen molar-refractivity contribution in [2.24, 2.45) is 0 Å². The highest BCUT2D eigenvalue weighted by Crippen LogP contribution is 2.48. The van der Waals surface area contributed by atoms with Crippen molar-refractivity contribution < 1.29 is 22.6 Å². The second-order valence-corrected chi connectivity index (χ2v) is 12.8. The van der Waals surface area contributed by atoms with E-state index in [4.69, 9.17) is 9.47 Å². The molecule has 0 amide bonds. The first-order chi connectivity index (χ1) is 20.9. The monoisotopic (exact) mass is 635 g/mol. The number of nitrogens with zero attached hydrogens (tertiary/aromatic N) is 5. The lowest BCUT2D eigenvalue weighted by molar-refractivity contribution is -0.137. The largest absolute Gasteiger partial charge is 0.497 e. The summed E-state index contributed by atoms with van der Waals surface area (Å²) in [5.74, 6) is 1.08. The number of alkyl halides is 3. The van der Waals surface area contributed by atoms with Crippen molar-refractivity contribution in [2.45, 2.75) is 44.2 Å². The van der Waals surface area contributed by atoms with E-state index in [2.05, 4.69) is 26.6 Å². The highest BCUT2D eigenvalue weighted by Gasteiger charge is 2.39. The van der Waals surface area contributed by atoms with Gasteiger partial charge in [-0.25, -0.2) is 4.98 Å². The van der Waals surface area contributed by atoms with Gasteiger partial charge < -0.3 is 9.47 Å². The molecule has 226 valence electrons. The fourth-order valence-corrected chi connectivity index (χ4v) is 6.74. The van der Waals surface area contributed by atoms with E-state index in [0.717, 1.165) is 5.56 Å². The summed E-state index contributed by atoms with van der Waals surface area (Å²) in [6.07, 6.45) is 1.38. The van der Waals surface area contributed by atoms with E-state index in [1.165, 1.54) is 47.6 Å². The molecule has 0 saturated heterocycles.